The number of nitrogens with zero attached hydrogens (tertiary/aromatic N) is 2. The Bertz CT molecular complexity index is 652. The number of hydrogen-bond donors (Lipinski definition) is 0. The summed E-state index contributed by atoms with van der Waals surface area (Å²) in [4.78, 5) is 2.49. The van der Waals surface area contributed by atoms with Gasteiger partial charge in [-0.3, -0.25) is 4.48 Å². The molecule has 23 heavy (non-hydrogen) atoms. The van der Waals surface area contributed by atoms with Crippen molar-refractivity contribution in [3.8, 4) is 0 Å². The topological polar surface area (TPSA) is 3.24 Å². The Hall–Kier alpha value is -1.80. The molecule has 1 aliphatic heterocycles. The maximum absolute atomic E-state index is 2.49. The molecule has 0 bridgehead atoms. The average Bonchev–Trinajstić information content (AvgIpc) is 2.54. The molecule has 2 aromatic rings. The number of benzene rings is 2. The second kappa shape index (κ2) is 6.37. The first kappa shape index (κ1) is 16.1. The summed E-state index contributed by atoms with van der Waals surface area (Å²) in [5, 5.41) is 0. The van der Waals surface area contributed by atoms with E-state index in [0.717, 1.165) is 10.9 Å². The van der Waals surface area contributed by atoms with Crippen LogP contribution in [0.2, 0.25) is 0 Å². The Kier molecular flexibility index (Phi) is 4.45. The highest BCUT2D eigenvalue weighted by atomic mass is 15.3. The lowest BCUT2D eigenvalue weighted by molar-refractivity contribution is 0.486. The minimum Gasteiger partial charge on any atom is -0.371 e. The highest BCUT2D eigenvalue weighted by Crippen LogP contribution is 2.31. The summed E-state index contributed by atoms with van der Waals surface area (Å²) in [6.07, 6.45) is 4.87. The quantitative estimate of drug-likeness (QED) is 0.763. The molecule has 0 fully saturated rings. The van der Waals surface area contributed by atoms with Crippen molar-refractivity contribution in [2.75, 3.05) is 33.1 Å². The van der Waals surface area contributed by atoms with Gasteiger partial charge in [-0.2, -0.15) is 0 Å². The molecule has 122 valence electrons. The monoisotopic (exact) mass is 309 g/mol. The molecule has 0 aromatic heterocycles. The lowest BCUT2D eigenvalue weighted by Gasteiger charge is -2.36. The number of para-hydroxylation sites is 1. The number of aryl methyl sites for hydroxylation is 2. The van der Waals surface area contributed by atoms with E-state index in [1.165, 1.54) is 41.8 Å². The minimum atomic E-state index is 0.656. The van der Waals surface area contributed by atoms with E-state index in [4.69, 9.17) is 0 Å². The lowest BCUT2D eigenvalue weighted by atomic mass is 9.92. The molecule has 2 aromatic carbocycles. The van der Waals surface area contributed by atoms with Gasteiger partial charge in [-0.05, 0) is 55.0 Å². The third kappa shape index (κ3) is 3.59. The molecule has 1 aliphatic rings. The van der Waals surface area contributed by atoms with Crippen molar-refractivity contribution < 1.29 is 0 Å². The molecule has 3 rings (SSSR count). The molecule has 1 heterocycles. The fraction of sp³-hybridized carbons (Fsp3) is 0.429. The highest BCUT2D eigenvalue weighted by molar-refractivity contribution is 5.55. The van der Waals surface area contributed by atoms with Gasteiger partial charge in [0.2, 0.25) is 0 Å². The first-order valence-electron chi connectivity index (χ1n) is 8.67. The number of quaternary nitrogens is 1. The van der Waals surface area contributed by atoms with E-state index >= 15 is 0 Å². The molecule has 0 saturated heterocycles. The van der Waals surface area contributed by atoms with Gasteiger partial charge in [0.1, 0.15) is 5.69 Å². The van der Waals surface area contributed by atoms with Crippen LogP contribution in [0.15, 0.2) is 48.5 Å². The average molecular weight is 309 g/mol. The van der Waals surface area contributed by atoms with Crippen LogP contribution in [0.1, 0.15) is 24.0 Å². The van der Waals surface area contributed by atoms with E-state index in [1.807, 2.05) is 0 Å². The third-order valence-corrected chi connectivity index (χ3v) is 5.14. The molecular formula is C21H29N2+. The normalized spacial score (nSPS) is 17.9. The predicted molar refractivity (Wildman–Crippen MR) is 101 cm³/mol. The van der Waals surface area contributed by atoms with Crippen molar-refractivity contribution in [1.29, 1.82) is 0 Å². The van der Waals surface area contributed by atoms with Gasteiger partial charge >= 0.3 is 0 Å². The first-order chi connectivity index (χ1) is 10.9. The van der Waals surface area contributed by atoms with E-state index in [9.17, 15) is 0 Å². The summed E-state index contributed by atoms with van der Waals surface area (Å²) in [6, 6.07) is 18.6. The van der Waals surface area contributed by atoms with E-state index in [-0.39, 0.29) is 0 Å². The van der Waals surface area contributed by atoms with E-state index in [2.05, 4.69) is 81.6 Å². The van der Waals surface area contributed by atoms with Gasteiger partial charge in [0, 0.05) is 18.8 Å². The summed E-state index contributed by atoms with van der Waals surface area (Å²) < 4.78 is 0.877. The number of hydrogen-bond acceptors (Lipinski definition) is 1. The Labute approximate surface area is 140 Å². The molecule has 1 unspecified atom stereocenters. The number of fused-ring (bicyclic) bond motifs is 1. The van der Waals surface area contributed by atoms with E-state index in [0.29, 0.717) is 6.04 Å². The van der Waals surface area contributed by atoms with Crippen LogP contribution >= 0.6 is 0 Å². The smallest absolute Gasteiger partial charge is 0.132 e. The summed E-state index contributed by atoms with van der Waals surface area (Å²) >= 11 is 0. The van der Waals surface area contributed by atoms with Crippen molar-refractivity contribution in [3.63, 3.8) is 0 Å². The third-order valence-electron chi connectivity index (χ3n) is 5.14. The van der Waals surface area contributed by atoms with Crippen molar-refractivity contribution in [2.24, 2.45) is 0 Å². The molecular weight excluding hydrogens is 280 g/mol. The number of anilines is 1. The SMILES string of the molecule is CN1c2ccccc2CCC1CCc1ccc([N+](C)(C)C)cc1. The van der Waals surface area contributed by atoms with Crippen LogP contribution in [0.4, 0.5) is 11.4 Å². The van der Waals surface area contributed by atoms with Crippen LogP contribution in [0.3, 0.4) is 0 Å². The van der Waals surface area contributed by atoms with Gasteiger partial charge in [-0.25, -0.2) is 0 Å². The minimum absolute atomic E-state index is 0.656. The predicted octanol–water partition coefficient (Wildman–Crippen LogP) is 4.27. The second-order valence-corrected chi connectivity index (χ2v) is 7.65. The molecule has 0 aliphatic carbocycles. The van der Waals surface area contributed by atoms with Crippen molar-refractivity contribution in [3.05, 3.63) is 59.7 Å². The largest absolute Gasteiger partial charge is 0.371 e. The van der Waals surface area contributed by atoms with Crippen molar-refractivity contribution in [1.82, 2.24) is 4.48 Å². The van der Waals surface area contributed by atoms with Gasteiger partial charge < -0.3 is 4.90 Å². The fourth-order valence-corrected chi connectivity index (χ4v) is 3.56. The van der Waals surface area contributed by atoms with Crippen molar-refractivity contribution >= 4 is 11.4 Å². The number of rotatable bonds is 4. The zero-order valence-electron chi connectivity index (χ0n) is 14.9. The fourth-order valence-electron chi connectivity index (χ4n) is 3.56. The van der Waals surface area contributed by atoms with E-state index < -0.39 is 0 Å². The summed E-state index contributed by atoms with van der Waals surface area (Å²) in [5.41, 5.74) is 5.73. The summed E-state index contributed by atoms with van der Waals surface area (Å²) in [6.45, 7) is 0. The first-order valence-corrected chi connectivity index (χ1v) is 8.67. The van der Waals surface area contributed by atoms with Crippen LogP contribution in [-0.4, -0.2) is 34.2 Å². The van der Waals surface area contributed by atoms with Gasteiger partial charge in [-0.1, -0.05) is 30.3 Å². The van der Waals surface area contributed by atoms with Gasteiger partial charge in [0.25, 0.3) is 0 Å². The van der Waals surface area contributed by atoms with Gasteiger partial charge in [0.05, 0.1) is 21.1 Å². The Balaban J connectivity index is 1.63. The molecule has 0 N–H and O–H groups in total. The van der Waals surface area contributed by atoms with Crippen LogP contribution < -0.4 is 9.38 Å². The lowest BCUT2D eigenvalue weighted by Crippen LogP contribution is -2.36. The zero-order valence-corrected chi connectivity index (χ0v) is 14.9. The maximum Gasteiger partial charge on any atom is 0.132 e. The molecule has 0 saturated carbocycles. The Morgan fingerprint density at radius 2 is 1.70 bits per heavy atom. The van der Waals surface area contributed by atoms with Crippen molar-refractivity contribution in [2.45, 2.75) is 31.7 Å². The summed E-state index contributed by atoms with van der Waals surface area (Å²) in [7, 11) is 8.89. The highest BCUT2D eigenvalue weighted by Gasteiger charge is 2.22. The molecule has 0 amide bonds. The van der Waals surface area contributed by atoms with Gasteiger partial charge in [0.15, 0.2) is 0 Å². The zero-order chi connectivity index (χ0) is 16.4. The molecule has 0 spiro atoms. The Morgan fingerprint density at radius 3 is 2.39 bits per heavy atom. The van der Waals surface area contributed by atoms with Gasteiger partial charge in [-0.15, -0.1) is 0 Å². The molecule has 0 radical (unpaired) electrons. The second-order valence-electron chi connectivity index (χ2n) is 7.65. The van der Waals surface area contributed by atoms with Crippen LogP contribution in [0, 0.1) is 0 Å². The van der Waals surface area contributed by atoms with E-state index in [1.54, 1.807) is 0 Å². The van der Waals surface area contributed by atoms with Crippen LogP contribution in [-0.2, 0) is 12.8 Å². The maximum atomic E-state index is 2.49. The Morgan fingerprint density at radius 1 is 1.00 bits per heavy atom. The van der Waals surface area contributed by atoms with Crippen LogP contribution in [0.5, 0.6) is 0 Å². The molecule has 2 nitrogen and oxygen atoms in total. The standard InChI is InChI=1S/C21H29N2/c1-22-19(14-12-18-7-5-6-8-21(18)22)13-9-17-10-15-20(16-11-17)23(2,3)4/h5-8,10-11,15-16,19H,9,12-14H2,1-4H3/q+1. The molecule has 1 atom stereocenters. The van der Waals surface area contributed by atoms with Crippen LogP contribution in [0.25, 0.3) is 0 Å². The summed E-state index contributed by atoms with van der Waals surface area (Å²) in [5.74, 6) is 0. The molecule has 2 heteroatoms.